The van der Waals surface area contributed by atoms with E-state index in [1.165, 1.54) is 12.1 Å². The molecule has 2 heterocycles. The summed E-state index contributed by atoms with van der Waals surface area (Å²) in [6, 6.07) is 6.03. The maximum Gasteiger partial charge on any atom is 0.590 e. The maximum atomic E-state index is 14.0. The van der Waals surface area contributed by atoms with Crippen molar-refractivity contribution < 1.29 is 23.0 Å². The number of aromatic nitrogens is 2. The van der Waals surface area contributed by atoms with Gasteiger partial charge in [0.05, 0.1) is 16.2 Å². The molecule has 0 spiro atoms. The fourth-order valence-corrected chi connectivity index (χ4v) is 5.36. The van der Waals surface area contributed by atoms with Crippen LogP contribution in [0.25, 0.3) is 10.1 Å². The molecule has 6 nitrogen and oxygen atoms in total. The number of hydrogen-bond acceptors (Lipinski definition) is 4. The number of halogens is 3. The van der Waals surface area contributed by atoms with E-state index < -0.39 is 18.6 Å². The molecule has 1 unspecified atom stereocenters. The van der Waals surface area contributed by atoms with Crippen LogP contribution in [0, 0.1) is 0 Å². The van der Waals surface area contributed by atoms with E-state index in [1.54, 1.807) is 30.1 Å². The molecule has 0 saturated carbocycles. The standard InChI is InChI=1S/C16H13BrF2N3O3PS/c1-8(11-5-6-20-22(11)2)21-15(23)9-3-4-12-10(7-9)13(17)14(27-12)16(18,19)26(24)25/h3-8H,1-2H3,(H-,21,23,24,25)/p+1/t8-/m1/s1. The van der Waals surface area contributed by atoms with Crippen molar-refractivity contribution in [2.24, 2.45) is 7.05 Å². The number of alkyl halides is 2. The molecule has 142 valence electrons. The second-order valence-corrected chi connectivity index (χ2v) is 8.80. The summed E-state index contributed by atoms with van der Waals surface area (Å²) in [5.41, 5.74) is -2.76. The van der Waals surface area contributed by atoms with Crippen molar-refractivity contribution in [2.75, 3.05) is 0 Å². The Kier molecular flexibility index (Phi) is 5.45. The largest absolute Gasteiger partial charge is 0.590 e. The van der Waals surface area contributed by atoms with Crippen molar-refractivity contribution in [3.8, 4) is 0 Å². The van der Waals surface area contributed by atoms with Crippen molar-refractivity contribution in [1.82, 2.24) is 15.1 Å². The normalized spacial score (nSPS) is 13.6. The number of thiophene rings is 1. The third-order valence-corrected chi connectivity index (χ3v) is 7.24. The van der Waals surface area contributed by atoms with Gasteiger partial charge >= 0.3 is 13.7 Å². The number of rotatable bonds is 5. The molecule has 0 saturated heterocycles. The Balaban J connectivity index is 1.92. The first-order chi connectivity index (χ1) is 12.6. The van der Waals surface area contributed by atoms with Gasteiger partial charge in [0, 0.05) is 28.9 Å². The molecule has 2 aromatic heterocycles. The minimum Gasteiger partial charge on any atom is -0.344 e. The number of amides is 1. The van der Waals surface area contributed by atoms with Gasteiger partial charge in [-0.1, -0.05) is 0 Å². The second kappa shape index (κ2) is 7.35. The Morgan fingerprint density at radius 1 is 1.44 bits per heavy atom. The molecular formula is C16H14BrF2N3O3PS+. The highest BCUT2D eigenvalue weighted by atomic mass is 79.9. The van der Waals surface area contributed by atoms with Crippen molar-refractivity contribution >= 4 is 51.3 Å². The van der Waals surface area contributed by atoms with Crippen LogP contribution in [0.4, 0.5) is 8.78 Å². The Labute approximate surface area is 166 Å². The summed E-state index contributed by atoms with van der Waals surface area (Å²) >= 11 is 3.79. The molecule has 2 N–H and O–H groups in total. The van der Waals surface area contributed by atoms with Gasteiger partial charge < -0.3 is 5.32 Å². The predicted octanol–water partition coefficient (Wildman–Crippen LogP) is 4.67. The molecule has 27 heavy (non-hydrogen) atoms. The van der Waals surface area contributed by atoms with E-state index in [0.29, 0.717) is 27.0 Å². The molecule has 0 bridgehead atoms. The molecule has 0 aliphatic carbocycles. The molecule has 3 rings (SSSR count). The Hall–Kier alpha value is -1.74. The Bertz CT molecular complexity index is 1050. The highest BCUT2D eigenvalue weighted by Crippen LogP contribution is 2.54. The summed E-state index contributed by atoms with van der Waals surface area (Å²) in [6.45, 7) is 1.81. The minimum atomic E-state index is -3.87. The van der Waals surface area contributed by atoms with Crippen LogP contribution in [-0.4, -0.2) is 20.6 Å². The average molecular weight is 477 g/mol. The number of benzene rings is 1. The van der Waals surface area contributed by atoms with E-state index in [4.69, 9.17) is 4.89 Å². The third-order valence-electron chi connectivity index (χ3n) is 4.05. The van der Waals surface area contributed by atoms with E-state index in [1.807, 2.05) is 6.92 Å². The van der Waals surface area contributed by atoms with Crippen LogP contribution in [0.3, 0.4) is 0 Å². The Morgan fingerprint density at radius 2 is 2.15 bits per heavy atom. The van der Waals surface area contributed by atoms with E-state index in [2.05, 4.69) is 26.3 Å². The molecule has 3 aromatic rings. The maximum absolute atomic E-state index is 14.0. The van der Waals surface area contributed by atoms with Gasteiger partial charge in [-0.05, 0) is 51.7 Å². The molecule has 0 aliphatic heterocycles. The smallest absolute Gasteiger partial charge is 0.344 e. The van der Waals surface area contributed by atoms with Crippen LogP contribution in [0.2, 0.25) is 0 Å². The summed E-state index contributed by atoms with van der Waals surface area (Å²) in [5.74, 6) is -0.370. The number of hydrogen-bond donors (Lipinski definition) is 2. The first-order valence-electron chi connectivity index (χ1n) is 7.68. The summed E-state index contributed by atoms with van der Waals surface area (Å²) in [6.07, 6.45) is 1.63. The number of carbonyl (C=O) groups is 1. The summed E-state index contributed by atoms with van der Waals surface area (Å²) in [7, 11) is -1.96. The number of aryl methyl sites for hydroxylation is 1. The first kappa shape index (κ1) is 20.0. The zero-order valence-corrected chi connectivity index (χ0v) is 17.4. The molecule has 0 fully saturated rings. The fourth-order valence-electron chi connectivity index (χ4n) is 2.65. The Morgan fingerprint density at radius 3 is 2.74 bits per heavy atom. The van der Waals surface area contributed by atoms with E-state index in [9.17, 15) is 18.1 Å². The van der Waals surface area contributed by atoms with E-state index in [-0.39, 0.29) is 16.4 Å². The molecule has 0 radical (unpaired) electrons. The monoisotopic (exact) mass is 476 g/mol. The highest BCUT2D eigenvalue weighted by Gasteiger charge is 2.56. The van der Waals surface area contributed by atoms with Gasteiger partial charge in [-0.3, -0.25) is 9.48 Å². The SMILES string of the molecule is C[C@@H](NC(=O)c1ccc2sc(C(F)(F)[P+](=O)O)c(Br)c2c1)c1ccnn1C. The van der Waals surface area contributed by atoms with Crippen LogP contribution in [0.15, 0.2) is 34.9 Å². The molecular weight excluding hydrogens is 463 g/mol. The van der Waals surface area contributed by atoms with Crippen molar-refractivity contribution in [3.05, 3.63) is 51.1 Å². The number of fused-ring (bicyclic) bond motifs is 1. The van der Waals surface area contributed by atoms with Gasteiger partial charge in [-0.2, -0.15) is 9.99 Å². The first-order valence-corrected chi connectivity index (χ1v) is 10.5. The molecule has 2 atom stereocenters. The van der Waals surface area contributed by atoms with E-state index in [0.717, 1.165) is 5.69 Å². The van der Waals surface area contributed by atoms with Gasteiger partial charge in [-0.25, -0.2) is 0 Å². The lowest BCUT2D eigenvalue weighted by Crippen LogP contribution is -2.27. The number of nitrogens with one attached hydrogen (secondary N) is 1. The lowest BCUT2D eigenvalue weighted by molar-refractivity contribution is 0.0849. The molecule has 1 aromatic carbocycles. The van der Waals surface area contributed by atoms with Gasteiger partial charge in [0.1, 0.15) is 4.88 Å². The van der Waals surface area contributed by atoms with Crippen LogP contribution >= 0.6 is 35.3 Å². The zero-order chi connectivity index (χ0) is 19.9. The zero-order valence-electron chi connectivity index (χ0n) is 14.1. The minimum absolute atomic E-state index is 0.0132. The quantitative estimate of drug-likeness (QED) is 0.524. The van der Waals surface area contributed by atoms with Gasteiger partial charge in [-0.15, -0.1) is 20.1 Å². The predicted molar refractivity (Wildman–Crippen MR) is 102 cm³/mol. The van der Waals surface area contributed by atoms with Crippen LogP contribution in [-0.2, 0) is 17.3 Å². The average Bonchev–Trinajstić information content (AvgIpc) is 3.18. The van der Waals surface area contributed by atoms with E-state index >= 15 is 0 Å². The van der Waals surface area contributed by atoms with Crippen molar-refractivity contribution in [3.63, 3.8) is 0 Å². The van der Waals surface area contributed by atoms with Gasteiger partial charge in [0.15, 0.2) is 0 Å². The topological polar surface area (TPSA) is 84.2 Å². The van der Waals surface area contributed by atoms with Crippen LogP contribution < -0.4 is 5.32 Å². The fraction of sp³-hybridized carbons (Fsp3) is 0.250. The van der Waals surface area contributed by atoms with Crippen molar-refractivity contribution in [1.29, 1.82) is 0 Å². The second-order valence-electron chi connectivity index (χ2n) is 5.85. The third kappa shape index (κ3) is 3.67. The number of carbonyl (C=O) groups excluding carboxylic acids is 1. The molecule has 0 aliphatic rings. The summed E-state index contributed by atoms with van der Waals surface area (Å²) in [4.78, 5) is 20.9. The van der Waals surface area contributed by atoms with Crippen LogP contribution in [0.1, 0.15) is 33.9 Å². The van der Waals surface area contributed by atoms with Crippen LogP contribution in [0.5, 0.6) is 0 Å². The highest BCUT2D eigenvalue weighted by molar-refractivity contribution is 9.10. The number of nitrogens with zero attached hydrogens (tertiary/aromatic N) is 2. The summed E-state index contributed by atoms with van der Waals surface area (Å²) in [5, 5.41) is 7.27. The molecule has 11 heteroatoms. The summed E-state index contributed by atoms with van der Waals surface area (Å²) < 4.78 is 41.1. The van der Waals surface area contributed by atoms with Gasteiger partial charge in [0.25, 0.3) is 5.91 Å². The lowest BCUT2D eigenvalue weighted by Gasteiger charge is -2.14. The lowest BCUT2D eigenvalue weighted by atomic mass is 10.1. The molecule has 1 amide bonds. The van der Waals surface area contributed by atoms with Gasteiger partial charge in [0.2, 0.25) is 0 Å². The van der Waals surface area contributed by atoms with Crippen molar-refractivity contribution in [2.45, 2.75) is 18.6 Å².